The van der Waals surface area contributed by atoms with E-state index in [-0.39, 0.29) is 21.7 Å². The lowest BCUT2D eigenvalue weighted by Gasteiger charge is -2.12. The Labute approximate surface area is 169 Å². The predicted molar refractivity (Wildman–Crippen MR) is 103 cm³/mol. The summed E-state index contributed by atoms with van der Waals surface area (Å²) >= 11 is 0. The summed E-state index contributed by atoms with van der Waals surface area (Å²) in [6.07, 6.45) is -4.54. The number of sulfonamides is 1. The van der Waals surface area contributed by atoms with E-state index < -0.39 is 39.0 Å². The zero-order valence-corrected chi connectivity index (χ0v) is 15.8. The van der Waals surface area contributed by atoms with Gasteiger partial charge < -0.3 is 10.2 Å². The zero-order chi connectivity index (χ0) is 22.1. The number of alkyl halides is 3. The highest BCUT2D eigenvalue weighted by atomic mass is 32.2. The van der Waals surface area contributed by atoms with Crippen molar-refractivity contribution in [2.75, 3.05) is 4.72 Å². The molecule has 3 aromatic rings. The van der Waals surface area contributed by atoms with Gasteiger partial charge >= 0.3 is 12.1 Å². The summed E-state index contributed by atoms with van der Waals surface area (Å²) in [5, 5.41) is 18.6. The van der Waals surface area contributed by atoms with Gasteiger partial charge in [-0.3, -0.25) is 4.72 Å². The molecule has 10 heteroatoms. The van der Waals surface area contributed by atoms with Gasteiger partial charge in [-0.25, -0.2) is 13.2 Å². The van der Waals surface area contributed by atoms with Gasteiger partial charge in [-0.1, -0.05) is 24.3 Å². The summed E-state index contributed by atoms with van der Waals surface area (Å²) in [7, 11) is -4.16. The van der Waals surface area contributed by atoms with E-state index in [4.69, 9.17) is 5.11 Å². The lowest BCUT2D eigenvalue weighted by atomic mass is 10.0. The van der Waals surface area contributed by atoms with Crippen LogP contribution in [0.2, 0.25) is 0 Å². The van der Waals surface area contributed by atoms with Crippen LogP contribution >= 0.6 is 0 Å². The molecule has 0 amide bonds. The molecule has 0 saturated heterocycles. The average Bonchev–Trinajstić information content (AvgIpc) is 2.67. The van der Waals surface area contributed by atoms with Crippen LogP contribution in [0.1, 0.15) is 15.9 Å². The Hall–Kier alpha value is -3.53. The summed E-state index contributed by atoms with van der Waals surface area (Å²) < 4.78 is 66.3. The summed E-state index contributed by atoms with van der Waals surface area (Å²) in [5.41, 5.74) is -0.898. The fraction of sp³-hybridized carbons (Fsp3) is 0.0500. The van der Waals surface area contributed by atoms with Crippen LogP contribution in [-0.4, -0.2) is 24.6 Å². The lowest BCUT2D eigenvalue weighted by molar-refractivity contribution is -0.137. The molecule has 3 rings (SSSR count). The fourth-order valence-electron chi connectivity index (χ4n) is 2.71. The number of carbonyl (C=O) groups is 1. The molecular formula is C20H14F3NO5S. The number of halogens is 3. The number of nitrogens with one attached hydrogen (secondary N) is 1. The Bertz CT molecular complexity index is 1220. The Morgan fingerprint density at radius 1 is 0.900 bits per heavy atom. The molecule has 0 spiro atoms. The highest BCUT2D eigenvalue weighted by Gasteiger charge is 2.30. The van der Waals surface area contributed by atoms with Gasteiger partial charge in [0.25, 0.3) is 10.0 Å². The number of carboxylic acids is 1. The minimum Gasteiger partial charge on any atom is -0.507 e. The lowest BCUT2D eigenvalue weighted by Crippen LogP contribution is -2.13. The van der Waals surface area contributed by atoms with Gasteiger partial charge in [-0.2, -0.15) is 13.2 Å². The molecule has 3 aromatic carbocycles. The van der Waals surface area contributed by atoms with E-state index >= 15 is 0 Å². The summed E-state index contributed by atoms with van der Waals surface area (Å²) in [6.45, 7) is 0. The standard InChI is InChI=1S/C20H14F3NO5S/c21-20(22,23)14-5-1-3-12(9-14)13-4-2-6-16(10-13)30(28,29)24-15-7-8-17(19(26)27)18(25)11-15/h1-11,24-25H,(H,26,27). The molecule has 0 aliphatic heterocycles. The molecule has 0 atom stereocenters. The monoisotopic (exact) mass is 437 g/mol. The van der Waals surface area contributed by atoms with Crippen LogP contribution in [0.15, 0.2) is 71.6 Å². The molecule has 0 heterocycles. The van der Waals surface area contributed by atoms with Crippen molar-refractivity contribution in [3.8, 4) is 16.9 Å². The second kappa shape index (κ2) is 7.71. The molecule has 0 bridgehead atoms. The Balaban J connectivity index is 1.93. The third kappa shape index (κ3) is 4.54. The van der Waals surface area contributed by atoms with E-state index in [1.807, 2.05) is 0 Å². The van der Waals surface area contributed by atoms with Crippen molar-refractivity contribution < 1.29 is 36.6 Å². The van der Waals surface area contributed by atoms with Crippen LogP contribution < -0.4 is 4.72 Å². The molecule has 0 saturated carbocycles. The van der Waals surface area contributed by atoms with Crippen LogP contribution in [-0.2, 0) is 16.2 Å². The molecule has 6 nitrogen and oxygen atoms in total. The topological polar surface area (TPSA) is 104 Å². The molecule has 0 fully saturated rings. The van der Waals surface area contributed by atoms with Crippen LogP contribution in [0.4, 0.5) is 18.9 Å². The van der Waals surface area contributed by atoms with Gasteiger partial charge in [0.1, 0.15) is 11.3 Å². The first kappa shape index (κ1) is 21.2. The molecule has 0 aliphatic carbocycles. The molecular weight excluding hydrogens is 423 g/mol. The van der Waals surface area contributed by atoms with Crippen LogP contribution in [0, 0.1) is 0 Å². The fourth-order valence-corrected chi connectivity index (χ4v) is 3.80. The van der Waals surface area contributed by atoms with Crippen LogP contribution in [0.25, 0.3) is 11.1 Å². The molecule has 3 N–H and O–H groups in total. The van der Waals surface area contributed by atoms with Gasteiger partial charge in [0.05, 0.1) is 16.1 Å². The van der Waals surface area contributed by atoms with Crippen molar-refractivity contribution in [1.82, 2.24) is 0 Å². The SMILES string of the molecule is O=C(O)c1ccc(NS(=O)(=O)c2cccc(-c3cccc(C(F)(F)F)c3)c2)cc1O. The molecule has 30 heavy (non-hydrogen) atoms. The molecule has 0 unspecified atom stereocenters. The van der Waals surface area contributed by atoms with Gasteiger partial charge in [0.15, 0.2) is 0 Å². The summed E-state index contributed by atoms with van der Waals surface area (Å²) in [5.74, 6) is -2.00. The van der Waals surface area contributed by atoms with E-state index in [1.54, 1.807) is 0 Å². The van der Waals surface area contributed by atoms with E-state index in [0.29, 0.717) is 0 Å². The van der Waals surface area contributed by atoms with Crippen molar-refractivity contribution in [2.24, 2.45) is 0 Å². The van der Waals surface area contributed by atoms with Gasteiger partial charge in [0, 0.05) is 6.07 Å². The number of rotatable bonds is 5. The number of hydrogen-bond donors (Lipinski definition) is 3. The number of carboxylic acid groups (broad SMARTS) is 1. The third-order valence-corrected chi connectivity index (χ3v) is 5.53. The van der Waals surface area contributed by atoms with Crippen molar-refractivity contribution in [1.29, 1.82) is 0 Å². The average molecular weight is 437 g/mol. The minimum absolute atomic E-state index is 0.0815. The molecule has 0 aliphatic rings. The minimum atomic E-state index is -4.54. The van der Waals surface area contributed by atoms with Gasteiger partial charge in [-0.15, -0.1) is 0 Å². The van der Waals surface area contributed by atoms with Gasteiger partial charge in [0.2, 0.25) is 0 Å². The van der Waals surface area contributed by atoms with Crippen molar-refractivity contribution >= 4 is 21.7 Å². The number of benzene rings is 3. The zero-order valence-electron chi connectivity index (χ0n) is 15.0. The maximum atomic E-state index is 12.9. The first-order chi connectivity index (χ1) is 14.0. The van der Waals surface area contributed by atoms with Gasteiger partial charge in [-0.05, 0) is 47.5 Å². The first-order valence-corrected chi connectivity index (χ1v) is 9.82. The van der Waals surface area contributed by atoms with Crippen LogP contribution in [0.3, 0.4) is 0 Å². The third-order valence-electron chi connectivity index (χ3n) is 4.15. The highest BCUT2D eigenvalue weighted by molar-refractivity contribution is 7.92. The van der Waals surface area contributed by atoms with Crippen molar-refractivity contribution in [3.63, 3.8) is 0 Å². The van der Waals surface area contributed by atoms with E-state index in [9.17, 15) is 31.5 Å². The second-order valence-electron chi connectivity index (χ2n) is 6.25. The second-order valence-corrected chi connectivity index (χ2v) is 7.93. The normalized spacial score (nSPS) is 11.8. The van der Waals surface area contributed by atoms with Crippen molar-refractivity contribution in [2.45, 2.75) is 11.1 Å². The molecule has 156 valence electrons. The Morgan fingerprint density at radius 3 is 2.13 bits per heavy atom. The number of aromatic hydroxyl groups is 1. The van der Waals surface area contributed by atoms with E-state index in [2.05, 4.69) is 4.72 Å². The number of aromatic carboxylic acids is 1. The smallest absolute Gasteiger partial charge is 0.416 e. The largest absolute Gasteiger partial charge is 0.507 e. The Morgan fingerprint density at radius 2 is 1.53 bits per heavy atom. The first-order valence-electron chi connectivity index (χ1n) is 8.34. The quantitative estimate of drug-likeness (QED) is 0.542. The maximum absolute atomic E-state index is 12.9. The Kier molecular flexibility index (Phi) is 5.45. The molecule has 0 aromatic heterocycles. The van der Waals surface area contributed by atoms with E-state index in [1.165, 1.54) is 36.4 Å². The van der Waals surface area contributed by atoms with E-state index in [0.717, 1.165) is 30.3 Å². The number of phenols is 1. The number of anilines is 1. The summed E-state index contributed by atoms with van der Waals surface area (Å²) in [6, 6.07) is 13.0. The highest BCUT2D eigenvalue weighted by Crippen LogP contribution is 2.33. The summed E-state index contributed by atoms with van der Waals surface area (Å²) in [4.78, 5) is 10.7. The predicted octanol–water partition coefficient (Wildman–Crippen LogP) is 4.58. The van der Waals surface area contributed by atoms with Crippen LogP contribution in [0.5, 0.6) is 5.75 Å². The maximum Gasteiger partial charge on any atom is 0.416 e. The molecule has 0 radical (unpaired) electrons. The van der Waals surface area contributed by atoms with Crippen molar-refractivity contribution in [3.05, 3.63) is 77.9 Å². The number of hydrogen-bond acceptors (Lipinski definition) is 4.